The van der Waals surface area contributed by atoms with E-state index in [0.29, 0.717) is 54.8 Å². The first-order valence-corrected chi connectivity index (χ1v) is 19.7. The zero-order chi connectivity index (χ0) is 39.8. The molecule has 0 radical (unpaired) electrons. The molecule has 2 aromatic heterocycles. The molecule has 3 amide bonds. The van der Waals surface area contributed by atoms with Crippen molar-refractivity contribution in [3.05, 3.63) is 129 Å². The highest BCUT2D eigenvalue weighted by Crippen LogP contribution is 2.48. The van der Waals surface area contributed by atoms with Crippen molar-refractivity contribution in [1.29, 1.82) is 0 Å². The summed E-state index contributed by atoms with van der Waals surface area (Å²) in [5.41, 5.74) is 12.2. The highest BCUT2D eigenvalue weighted by atomic mass is 127. The molecule has 57 heavy (non-hydrogen) atoms. The third-order valence-corrected chi connectivity index (χ3v) is 11.0. The summed E-state index contributed by atoms with van der Waals surface area (Å²) in [7, 11) is 0. The molecule has 286 valence electrons. The SMILES string of the molecule is O=C(O)[C@@H]1C[C@H]1c1ccccc1.O=C1NN=Cc2c(Cl)[nH]c3cc(N=CI)cc1c23.O=C1NN=Cc2c(Cl)[nH]c3cc(NC(=O)[C@@H]4C[C@H]4c4ccccc4)cc1c23. The van der Waals surface area contributed by atoms with E-state index in [-0.39, 0.29) is 41.4 Å². The van der Waals surface area contributed by atoms with E-state index in [1.165, 1.54) is 18.0 Å². The van der Waals surface area contributed by atoms with Gasteiger partial charge in [-0.2, -0.15) is 10.2 Å². The van der Waals surface area contributed by atoms with Crippen LogP contribution in [0.5, 0.6) is 0 Å². The summed E-state index contributed by atoms with van der Waals surface area (Å²) in [6, 6.07) is 26.9. The number of nitrogens with zero attached hydrogens (tertiary/aromatic N) is 3. The summed E-state index contributed by atoms with van der Waals surface area (Å²) in [5.74, 6) is -0.980. The van der Waals surface area contributed by atoms with Gasteiger partial charge in [-0.25, -0.2) is 10.9 Å². The number of aromatic nitrogens is 2. The molecule has 16 heteroatoms. The van der Waals surface area contributed by atoms with E-state index in [1.807, 2.05) is 89.3 Å². The molecule has 2 aliphatic heterocycles. The molecule has 4 aromatic carbocycles. The second-order valence-corrected chi connectivity index (χ2v) is 15.1. The van der Waals surface area contributed by atoms with E-state index in [1.54, 1.807) is 22.4 Å². The molecule has 0 saturated heterocycles. The molecule has 10 rings (SSSR count). The third-order valence-electron chi connectivity index (χ3n) is 10.1. The van der Waals surface area contributed by atoms with Crippen LogP contribution in [-0.2, 0) is 9.59 Å². The number of carboxylic acid groups (broad SMARTS) is 1. The fourth-order valence-corrected chi connectivity index (χ4v) is 8.01. The Hall–Kier alpha value is -5.84. The monoisotopic (exact) mass is 912 g/mol. The quantitative estimate of drug-likeness (QED) is 0.0720. The zero-order valence-electron chi connectivity index (χ0n) is 29.6. The number of aromatic amines is 2. The molecule has 0 unspecified atom stereocenters. The number of aliphatic carboxylic acids is 1. The van der Waals surface area contributed by atoms with E-state index in [9.17, 15) is 19.2 Å². The second kappa shape index (κ2) is 16.0. The van der Waals surface area contributed by atoms with Gasteiger partial charge in [0, 0.05) is 33.5 Å². The molecule has 13 nitrogen and oxygen atoms in total. The maximum atomic E-state index is 12.7. The van der Waals surface area contributed by atoms with Gasteiger partial charge in [0.2, 0.25) is 5.91 Å². The number of halogens is 3. The van der Waals surface area contributed by atoms with Crippen LogP contribution in [0, 0.1) is 11.8 Å². The highest BCUT2D eigenvalue weighted by Gasteiger charge is 2.44. The number of carboxylic acids is 1. The summed E-state index contributed by atoms with van der Waals surface area (Å²) in [6.45, 7) is 0. The van der Waals surface area contributed by atoms with E-state index in [4.69, 9.17) is 28.3 Å². The van der Waals surface area contributed by atoms with Crippen LogP contribution in [0.15, 0.2) is 100 Å². The lowest BCUT2D eigenvalue weighted by molar-refractivity contribution is -0.138. The number of carbonyl (C=O) groups is 4. The molecule has 2 aliphatic carbocycles. The van der Waals surface area contributed by atoms with Gasteiger partial charge in [-0.05, 0) is 82.7 Å². The lowest BCUT2D eigenvalue weighted by Gasteiger charge is -2.08. The molecule has 0 bridgehead atoms. The van der Waals surface area contributed by atoms with Gasteiger partial charge in [0.25, 0.3) is 11.8 Å². The van der Waals surface area contributed by atoms with Crippen LogP contribution in [0.25, 0.3) is 21.8 Å². The highest BCUT2D eigenvalue weighted by molar-refractivity contribution is 14.1. The number of nitrogens with one attached hydrogen (secondary N) is 5. The average Bonchev–Trinajstić information content (AvgIpc) is 4.13. The molecule has 4 atom stereocenters. The van der Waals surface area contributed by atoms with E-state index < -0.39 is 5.97 Å². The Morgan fingerprint density at radius 2 is 1.26 bits per heavy atom. The maximum Gasteiger partial charge on any atom is 0.307 e. The minimum atomic E-state index is -0.663. The Morgan fingerprint density at radius 1 is 0.754 bits per heavy atom. The van der Waals surface area contributed by atoms with Crippen LogP contribution in [0.3, 0.4) is 0 Å². The van der Waals surface area contributed by atoms with Crippen molar-refractivity contribution in [2.75, 3.05) is 5.32 Å². The second-order valence-electron chi connectivity index (χ2n) is 13.7. The fourth-order valence-electron chi connectivity index (χ4n) is 7.20. The van der Waals surface area contributed by atoms with Crippen LogP contribution < -0.4 is 16.2 Å². The molecule has 4 heterocycles. The number of anilines is 1. The van der Waals surface area contributed by atoms with Crippen LogP contribution in [0.1, 0.15) is 67.6 Å². The Morgan fingerprint density at radius 3 is 1.79 bits per heavy atom. The summed E-state index contributed by atoms with van der Waals surface area (Å²) in [4.78, 5) is 57.7. The van der Waals surface area contributed by atoms with Crippen LogP contribution >= 0.6 is 45.8 Å². The number of aliphatic imine (C=N–C) groups is 1. The summed E-state index contributed by atoms with van der Waals surface area (Å²) < 4.78 is 1.64. The topological polar surface area (TPSA) is 193 Å². The average molecular weight is 914 g/mol. The van der Waals surface area contributed by atoms with Gasteiger partial charge in [0.15, 0.2) is 0 Å². The maximum absolute atomic E-state index is 12.7. The van der Waals surface area contributed by atoms with Crippen molar-refractivity contribution in [3.63, 3.8) is 0 Å². The summed E-state index contributed by atoms with van der Waals surface area (Å²) in [5, 5.41) is 21.7. The minimum Gasteiger partial charge on any atom is -0.481 e. The first-order chi connectivity index (χ1) is 27.6. The van der Waals surface area contributed by atoms with Crippen molar-refractivity contribution < 1.29 is 24.3 Å². The summed E-state index contributed by atoms with van der Waals surface area (Å²) >= 11 is 14.3. The number of H-pyrrole nitrogens is 2. The predicted molar refractivity (Wildman–Crippen MR) is 230 cm³/mol. The van der Waals surface area contributed by atoms with Crippen LogP contribution in [-0.4, -0.2) is 55.4 Å². The van der Waals surface area contributed by atoms with Crippen LogP contribution in [0.4, 0.5) is 11.4 Å². The fraction of sp³-hybridized carbons (Fsp3) is 0.146. The van der Waals surface area contributed by atoms with Gasteiger partial charge in [0.05, 0.1) is 50.4 Å². The Balaban J connectivity index is 0.000000130. The van der Waals surface area contributed by atoms with Gasteiger partial charge in [-0.3, -0.25) is 24.2 Å². The normalized spacial score (nSPS) is 19.7. The lowest BCUT2D eigenvalue weighted by atomic mass is 10.0. The Kier molecular flexibility index (Phi) is 10.7. The zero-order valence-corrected chi connectivity index (χ0v) is 33.3. The number of carbonyl (C=O) groups excluding carboxylic acids is 3. The Labute approximate surface area is 348 Å². The van der Waals surface area contributed by atoms with Crippen molar-refractivity contribution in [2.45, 2.75) is 24.7 Å². The molecular formula is C41H31Cl2IN8O5. The van der Waals surface area contributed by atoms with Crippen molar-refractivity contribution in [2.24, 2.45) is 27.0 Å². The Bertz CT molecular complexity index is 2680. The van der Waals surface area contributed by atoms with E-state index in [0.717, 1.165) is 29.3 Å². The molecule has 0 spiro atoms. The first kappa shape index (κ1) is 38.1. The van der Waals surface area contributed by atoms with Gasteiger partial charge < -0.3 is 20.4 Å². The summed E-state index contributed by atoms with van der Waals surface area (Å²) in [6.07, 6.45) is 4.69. The lowest BCUT2D eigenvalue weighted by Crippen LogP contribution is -2.18. The molecule has 6 N–H and O–H groups in total. The number of amides is 3. The van der Waals surface area contributed by atoms with Gasteiger partial charge in [-0.15, -0.1) is 0 Å². The number of hydrogen-bond acceptors (Lipinski definition) is 7. The van der Waals surface area contributed by atoms with E-state index in [2.05, 4.69) is 41.3 Å². The number of benzene rings is 4. The minimum absolute atomic E-state index is 0.0430. The molecule has 2 saturated carbocycles. The molecule has 6 aromatic rings. The largest absolute Gasteiger partial charge is 0.481 e. The van der Waals surface area contributed by atoms with Gasteiger partial charge in [-0.1, -0.05) is 83.9 Å². The van der Waals surface area contributed by atoms with E-state index >= 15 is 0 Å². The van der Waals surface area contributed by atoms with Crippen LogP contribution in [0.2, 0.25) is 10.3 Å². The smallest absolute Gasteiger partial charge is 0.307 e. The van der Waals surface area contributed by atoms with Crippen molar-refractivity contribution in [3.8, 4) is 0 Å². The van der Waals surface area contributed by atoms with Crippen molar-refractivity contribution >= 4 is 119 Å². The third kappa shape index (κ3) is 7.93. The van der Waals surface area contributed by atoms with Crippen molar-refractivity contribution in [1.82, 2.24) is 20.8 Å². The number of hydrazone groups is 2. The molecule has 4 aliphatic rings. The number of rotatable bonds is 6. The van der Waals surface area contributed by atoms with Gasteiger partial charge >= 0.3 is 5.97 Å². The van der Waals surface area contributed by atoms with Gasteiger partial charge in [0.1, 0.15) is 10.3 Å². The molecule has 2 fully saturated rings. The predicted octanol–water partition coefficient (Wildman–Crippen LogP) is 8.51. The standard InChI is InChI=1S/C20H15ClN4O2.C11H6ClIN4O.C10H10O2/c21-18-15-9-22-25-20(27)14-6-11(7-16(24-18)17(14)15)23-19(26)13-8-12(13)10-4-2-1-3-5-10;12-10-7-3-15-17-11(18)6-1-5(14-4-13)2-8(16-10)9(6)7;11-10(12)9-6-8(9)7-4-2-1-3-5-7/h1-7,9,12-13,24H,8H2,(H,23,26)(H,25,27);1-4,16H,(H,17,18);1-5,8-9H,6H2,(H,11,12)/t12-,13+;;8-,9+/m0.0/s1. The molecular weight excluding hydrogens is 882 g/mol. The first-order valence-electron chi connectivity index (χ1n) is 17.7. The number of hydrogen-bond donors (Lipinski definition) is 6.